The van der Waals surface area contributed by atoms with E-state index in [1.165, 1.54) is 0 Å². The molecule has 4 nitrogen and oxygen atoms in total. The van der Waals surface area contributed by atoms with E-state index in [0.29, 0.717) is 21.8 Å². The molecule has 0 unspecified atom stereocenters. The number of aryl methyl sites for hydroxylation is 1. The first-order valence-electron chi connectivity index (χ1n) is 7.85. The van der Waals surface area contributed by atoms with E-state index < -0.39 is 0 Å². The van der Waals surface area contributed by atoms with Gasteiger partial charge in [-0.3, -0.25) is 4.98 Å². The summed E-state index contributed by atoms with van der Waals surface area (Å²) in [4.78, 5) is 7.33. The summed E-state index contributed by atoms with van der Waals surface area (Å²) in [6.45, 7) is 10.4. The number of nitrogens with zero attached hydrogens (tertiary/aromatic N) is 2. The van der Waals surface area contributed by atoms with Crippen LogP contribution in [0.25, 0.3) is 0 Å². The summed E-state index contributed by atoms with van der Waals surface area (Å²) in [5, 5.41) is 12.4. The Morgan fingerprint density at radius 2 is 2.04 bits per heavy atom. The van der Waals surface area contributed by atoms with Gasteiger partial charge in [-0.25, -0.2) is 0 Å². The molecule has 0 amide bonds. The fraction of sp³-hybridized carbons (Fsp3) is 0.389. The SMILES string of the molecule is CC.Cc1cc(CC(C)C)ncc1Nc1cc[nH]c(=S)c1C#N. The minimum Gasteiger partial charge on any atom is -0.353 e. The Morgan fingerprint density at radius 3 is 2.61 bits per heavy atom. The normalized spacial score (nSPS) is 9.78. The molecule has 0 saturated heterocycles. The quantitative estimate of drug-likeness (QED) is 0.749. The van der Waals surface area contributed by atoms with Crippen molar-refractivity contribution in [3.05, 3.63) is 46.0 Å². The summed E-state index contributed by atoms with van der Waals surface area (Å²) >= 11 is 5.12. The van der Waals surface area contributed by atoms with Crippen LogP contribution in [0, 0.1) is 28.8 Å². The van der Waals surface area contributed by atoms with Crippen LogP contribution in [0.1, 0.15) is 44.5 Å². The number of nitriles is 1. The van der Waals surface area contributed by atoms with Crippen LogP contribution in [-0.2, 0) is 6.42 Å². The average molecular weight is 328 g/mol. The molecule has 0 aliphatic rings. The van der Waals surface area contributed by atoms with Crippen LogP contribution in [-0.4, -0.2) is 9.97 Å². The zero-order chi connectivity index (χ0) is 17.4. The van der Waals surface area contributed by atoms with Crippen molar-refractivity contribution >= 4 is 23.6 Å². The molecule has 0 radical (unpaired) electrons. The average Bonchev–Trinajstić information content (AvgIpc) is 2.51. The number of anilines is 2. The van der Waals surface area contributed by atoms with Gasteiger partial charge < -0.3 is 10.3 Å². The van der Waals surface area contributed by atoms with Gasteiger partial charge in [0, 0.05) is 11.9 Å². The van der Waals surface area contributed by atoms with Crippen molar-refractivity contribution in [1.29, 1.82) is 5.26 Å². The van der Waals surface area contributed by atoms with Gasteiger partial charge in [0.15, 0.2) is 0 Å². The molecule has 2 N–H and O–H groups in total. The summed E-state index contributed by atoms with van der Waals surface area (Å²) in [6.07, 6.45) is 4.50. The van der Waals surface area contributed by atoms with Crippen LogP contribution in [0.4, 0.5) is 11.4 Å². The summed E-state index contributed by atoms with van der Waals surface area (Å²) in [6, 6.07) is 6.01. The van der Waals surface area contributed by atoms with Gasteiger partial charge in [-0.2, -0.15) is 5.26 Å². The largest absolute Gasteiger partial charge is 0.353 e. The third-order valence-corrected chi connectivity index (χ3v) is 3.45. The van der Waals surface area contributed by atoms with Crippen molar-refractivity contribution in [3.8, 4) is 6.07 Å². The van der Waals surface area contributed by atoms with Crippen LogP contribution in [0.3, 0.4) is 0 Å². The van der Waals surface area contributed by atoms with E-state index in [-0.39, 0.29) is 0 Å². The molecule has 122 valence electrons. The third-order valence-electron chi connectivity index (χ3n) is 3.13. The van der Waals surface area contributed by atoms with E-state index >= 15 is 0 Å². The molecule has 0 bridgehead atoms. The lowest BCUT2D eigenvalue weighted by Crippen LogP contribution is -2.02. The van der Waals surface area contributed by atoms with E-state index in [1.807, 2.05) is 27.0 Å². The van der Waals surface area contributed by atoms with Crippen LogP contribution in [0.15, 0.2) is 24.5 Å². The molecule has 0 spiro atoms. The smallest absolute Gasteiger partial charge is 0.123 e. The van der Waals surface area contributed by atoms with Crippen molar-refractivity contribution in [2.75, 3.05) is 5.32 Å². The monoisotopic (exact) mass is 328 g/mol. The second kappa shape index (κ2) is 9.06. The molecule has 0 atom stereocenters. The lowest BCUT2D eigenvalue weighted by molar-refractivity contribution is 0.635. The zero-order valence-electron chi connectivity index (χ0n) is 14.4. The number of nitrogens with one attached hydrogen (secondary N) is 2. The molecule has 0 aliphatic heterocycles. The molecular formula is C18H24N4S. The molecule has 5 heteroatoms. The minimum atomic E-state index is 0.435. The van der Waals surface area contributed by atoms with Crippen molar-refractivity contribution in [1.82, 2.24) is 9.97 Å². The number of aromatic nitrogens is 2. The highest BCUT2D eigenvalue weighted by Gasteiger charge is 2.07. The first kappa shape index (κ1) is 18.9. The topological polar surface area (TPSA) is 64.5 Å². The Kier molecular flexibility index (Phi) is 7.43. The number of aromatic amines is 1. The molecule has 2 aromatic rings. The lowest BCUT2D eigenvalue weighted by atomic mass is 10.1. The highest BCUT2D eigenvalue weighted by Crippen LogP contribution is 2.23. The zero-order valence-corrected chi connectivity index (χ0v) is 15.2. The summed E-state index contributed by atoms with van der Waals surface area (Å²) in [5.74, 6) is 0.577. The number of rotatable bonds is 4. The fourth-order valence-corrected chi connectivity index (χ4v) is 2.34. The fourth-order valence-electron chi connectivity index (χ4n) is 2.11. The Bertz CT molecular complexity index is 741. The van der Waals surface area contributed by atoms with Crippen molar-refractivity contribution < 1.29 is 0 Å². The Labute approximate surface area is 143 Å². The predicted octanol–water partition coefficient (Wildman–Crippen LogP) is 5.29. The van der Waals surface area contributed by atoms with Gasteiger partial charge in [-0.15, -0.1) is 0 Å². The van der Waals surface area contributed by atoms with Crippen LogP contribution in [0.5, 0.6) is 0 Å². The maximum absolute atomic E-state index is 9.20. The molecule has 0 aliphatic carbocycles. The highest BCUT2D eigenvalue weighted by atomic mass is 32.1. The van der Waals surface area contributed by atoms with E-state index in [4.69, 9.17) is 12.2 Å². The maximum atomic E-state index is 9.20. The van der Waals surface area contributed by atoms with Gasteiger partial charge in [0.05, 0.1) is 17.6 Å². The Hall–Kier alpha value is -2.19. The van der Waals surface area contributed by atoms with E-state index in [2.05, 4.69) is 41.3 Å². The van der Waals surface area contributed by atoms with Crippen LogP contribution < -0.4 is 5.32 Å². The first-order valence-corrected chi connectivity index (χ1v) is 8.26. The van der Waals surface area contributed by atoms with Gasteiger partial charge in [0.2, 0.25) is 0 Å². The molecular weight excluding hydrogens is 304 g/mol. The molecule has 0 saturated carbocycles. The number of hydrogen-bond acceptors (Lipinski definition) is 4. The molecule has 2 heterocycles. The Morgan fingerprint density at radius 1 is 1.35 bits per heavy atom. The molecule has 23 heavy (non-hydrogen) atoms. The van der Waals surface area contributed by atoms with Gasteiger partial charge in [0.1, 0.15) is 16.3 Å². The minimum absolute atomic E-state index is 0.435. The summed E-state index contributed by atoms with van der Waals surface area (Å²) in [5.41, 5.74) is 4.21. The molecule has 0 fully saturated rings. The van der Waals surface area contributed by atoms with Crippen LogP contribution in [0.2, 0.25) is 0 Å². The number of pyridine rings is 2. The molecule has 2 rings (SSSR count). The van der Waals surface area contributed by atoms with Gasteiger partial charge in [-0.05, 0) is 37.0 Å². The standard InChI is InChI=1S/C16H18N4S.C2H6/c1-10(2)6-12-7-11(3)15(9-19-12)20-14-4-5-18-16(21)13(14)8-17;1-2/h4-5,7,9-10H,6H2,1-3H3,(H2,18,20,21);1-2H3. The van der Waals surface area contributed by atoms with Crippen molar-refractivity contribution in [2.24, 2.45) is 5.92 Å². The predicted molar refractivity (Wildman–Crippen MR) is 98.5 cm³/mol. The third kappa shape index (κ3) is 5.19. The molecule has 0 aromatic carbocycles. The van der Waals surface area contributed by atoms with Gasteiger partial charge in [0.25, 0.3) is 0 Å². The highest BCUT2D eigenvalue weighted by molar-refractivity contribution is 7.71. The van der Waals surface area contributed by atoms with Crippen molar-refractivity contribution in [3.63, 3.8) is 0 Å². The first-order chi connectivity index (χ1) is 11.0. The summed E-state index contributed by atoms with van der Waals surface area (Å²) < 4.78 is 0.435. The number of H-pyrrole nitrogens is 1. The second-order valence-corrected chi connectivity index (χ2v) is 5.83. The molecule has 2 aromatic heterocycles. The Balaban J connectivity index is 0.00000127. The number of hydrogen-bond donors (Lipinski definition) is 2. The van der Waals surface area contributed by atoms with Crippen molar-refractivity contribution in [2.45, 2.75) is 41.0 Å². The van der Waals surface area contributed by atoms with E-state index in [0.717, 1.165) is 23.4 Å². The van der Waals surface area contributed by atoms with Gasteiger partial charge in [-0.1, -0.05) is 39.9 Å². The maximum Gasteiger partial charge on any atom is 0.123 e. The van der Waals surface area contributed by atoms with E-state index in [1.54, 1.807) is 12.3 Å². The lowest BCUT2D eigenvalue weighted by Gasteiger charge is -2.12. The van der Waals surface area contributed by atoms with E-state index in [9.17, 15) is 5.26 Å². The van der Waals surface area contributed by atoms with Gasteiger partial charge >= 0.3 is 0 Å². The second-order valence-electron chi connectivity index (χ2n) is 5.42. The summed E-state index contributed by atoms with van der Waals surface area (Å²) in [7, 11) is 0. The van der Waals surface area contributed by atoms with Crippen LogP contribution >= 0.6 is 12.2 Å².